The predicted octanol–water partition coefficient (Wildman–Crippen LogP) is 2.64. The average Bonchev–Trinajstić information content (AvgIpc) is 2.93. The summed E-state index contributed by atoms with van der Waals surface area (Å²) >= 11 is 0. The Morgan fingerprint density at radius 3 is 2.81 bits per heavy atom. The van der Waals surface area contributed by atoms with E-state index in [0.717, 1.165) is 11.3 Å². The molecule has 1 aliphatic heterocycles. The van der Waals surface area contributed by atoms with Crippen molar-refractivity contribution in [2.45, 2.75) is 32.8 Å². The van der Waals surface area contributed by atoms with Gasteiger partial charge >= 0.3 is 5.97 Å². The maximum atomic E-state index is 11.6. The number of rotatable bonds is 5. The second-order valence-electron chi connectivity index (χ2n) is 5.44. The second-order valence-corrected chi connectivity index (χ2v) is 5.44. The molecule has 5 heteroatoms. The molecule has 1 aromatic rings. The molecule has 21 heavy (non-hydrogen) atoms. The molecule has 0 aliphatic carbocycles. The van der Waals surface area contributed by atoms with Crippen LogP contribution in [0.3, 0.4) is 0 Å². The maximum Gasteiger partial charge on any atom is 0.309 e. The van der Waals surface area contributed by atoms with Gasteiger partial charge in [0.2, 0.25) is 0 Å². The molecule has 1 aromatic carbocycles. The van der Waals surface area contributed by atoms with Crippen molar-refractivity contribution in [1.29, 1.82) is 5.26 Å². The first-order valence-electron chi connectivity index (χ1n) is 6.97. The molecule has 0 spiro atoms. The molecule has 0 N–H and O–H groups in total. The molecule has 0 radical (unpaired) electrons. The van der Waals surface area contributed by atoms with E-state index in [1.807, 2.05) is 26.0 Å². The normalized spacial score (nSPS) is 17.0. The van der Waals surface area contributed by atoms with Crippen LogP contribution in [0.4, 0.5) is 0 Å². The van der Waals surface area contributed by atoms with Gasteiger partial charge in [0, 0.05) is 6.42 Å². The van der Waals surface area contributed by atoms with Crippen LogP contribution in [0.25, 0.3) is 0 Å². The fraction of sp³-hybridized carbons (Fsp3) is 0.438. The molecule has 110 valence electrons. The van der Waals surface area contributed by atoms with Gasteiger partial charge in [-0.15, -0.1) is 0 Å². The van der Waals surface area contributed by atoms with Crippen molar-refractivity contribution in [1.82, 2.24) is 0 Å². The molecule has 2 rings (SSSR count). The van der Waals surface area contributed by atoms with Crippen molar-refractivity contribution in [2.24, 2.45) is 11.1 Å². The minimum atomic E-state index is -0.268. The van der Waals surface area contributed by atoms with Crippen LogP contribution < -0.4 is 0 Å². The van der Waals surface area contributed by atoms with E-state index in [2.05, 4.69) is 11.2 Å². The molecule has 1 heterocycles. The van der Waals surface area contributed by atoms with E-state index in [1.165, 1.54) is 0 Å². The van der Waals surface area contributed by atoms with Crippen molar-refractivity contribution >= 4 is 11.7 Å². The highest BCUT2D eigenvalue weighted by molar-refractivity contribution is 6.01. The monoisotopic (exact) mass is 286 g/mol. The van der Waals surface area contributed by atoms with Crippen LogP contribution in [-0.2, 0) is 14.4 Å². The lowest BCUT2D eigenvalue weighted by atomic mass is 10.0. The van der Waals surface area contributed by atoms with Gasteiger partial charge in [-0.1, -0.05) is 31.1 Å². The molecule has 0 bridgehead atoms. The summed E-state index contributed by atoms with van der Waals surface area (Å²) in [6, 6.07) is 9.21. The molecule has 0 unspecified atom stereocenters. The first-order valence-corrected chi connectivity index (χ1v) is 6.97. The lowest BCUT2D eigenvalue weighted by Crippen LogP contribution is -2.18. The number of ether oxygens (including phenoxy) is 1. The van der Waals surface area contributed by atoms with Crippen LogP contribution in [0.5, 0.6) is 0 Å². The summed E-state index contributed by atoms with van der Waals surface area (Å²) in [5, 5.41) is 12.8. The number of benzene rings is 1. The highest BCUT2D eigenvalue weighted by atomic mass is 16.6. The van der Waals surface area contributed by atoms with Crippen molar-refractivity contribution in [3.8, 4) is 6.07 Å². The Balaban J connectivity index is 1.85. The lowest BCUT2D eigenvalue weighted by Gasteiger charge is -2.09. The van der Waals surface area contributed by atoms with Crippen LogP contribution >= 0.6 is 0 Å². The van der Waals surface area contributed by atoms with Gasteiger partial charge in [-0.05, 0) is 23.6 Å². The Morgan fingerprint density at radius 1 is 1.48 bits per heavy atom. The van der Waals surface area contributed by atoms with Crippen LogP contribution in [0.2, 0.25) is 0 Å². The van der Waals surface area contributed by atoms with Crippen molar-refractivity contribution in [3.05, 3.63) is 35.4 Å². The van der Waals surface area contributed by atoms with E-state index in [1.54, 1.807) is 12.1 Å². The number of hydrogen-bond acceptors (Lipinski definition) is 5. The summed E-state index contributed by atoms with van der Waals surface area (Å²) in [4.78, 5) is 16.9. The summed E-state index contributed by atoms with van der Waals surface area (Å²) < 4.78 is 5.13. The molecule has 5 nitrogen and oxygen atoms in total. The van der Waals surface area contributed by atoms with Gasteiger partial charge in [0.25, 0.3) is 0 Å². The van der Waals surface area contributed by atoms with Crippen LogP contribution in [0, 0.1) is 17.2 Å². The minimum absolute atomic E-state index is 0.204. The number of nitrogens with zero attached hydrogens (tertiary/aromatic N) is 2. The Morgan fingerprint density at radius 2 is 2.19 bits per heavy atom. The van der Waals surface area contributed by atoms with Crippen LogP contribution in [-0.4, -0.2) is 24.4 Å². The van der Waals surface area contributed by atoms with E-state index in [-0.39, 0.29) is 18.5 Å². The van der Waals surface area contributed by atoms with E-state index >= 15 is 0 Å². The van der Waals surface area contributed by atoms with E-state index in [9.17, 15) is 4.79 Å². The van der Waals surface area contributed by atoms with E-state index < -0.39 is 0 Å². The molecule has 0 amide bonds. The zero-order valence-corrected chi connectivity index (χ0v) is 12.2. The fourth-order valence-electron chi connectivity index (χ4n) is 1.95. The SMILES string of the molecule is CC(C)COC(=O)C[C@H]1CC(c2ccc(C#N)cc2)=NO1. The van der Waals surface area contributed by atoms with Crippen molar-refractivity contribution in [2.75, 3.05) is 6.61 Å². The summed E-state index contributed by atoms with van der Waals surface area (Å²) in [6.07, 6.45) is 0.508. The predicted molar refractivity (Wildman–Crippen MR) is 77.6 cm³/mol. The number of carbonyl (C=O) groups is 1. The molecular formula is C16H18N2O3. The standard InChI is InChI=1S/C16H18N2O3/c1-11(2)10-20-16(19)8-14-7-15(18-21-14)13-5-3-12(9-17)4-6-13/h3-6,11,14H,7-8,10H2,1-2H3/t14-/m1/s1. The highest BCUT2D eigenvalue weighted by Crippen LogP contribution is 2.19. The van der Waals surface area contributed by atoms with Gasteiger partial charge in [-0.3, -0.25) is 4.79 Å². The quantitative estimate of drug-likeness (QED) is 0.780. The molecular weight excluding hydrogens is 268 g/mol. The zero-order chi connectivity index (χ0) is 15.2. The maximum absolute atomic E-state index is 11.6. The Labute approximate surface area is 124 Å². The van der Waals surface area contributed by atoms with E-state index in [0.29, 0.717) is 24.5 Å². The summed E-state index contributed by atoms with van der Waals surface area (Å²) in [5.41, 5.74) is 2.31. The topological polar surface area (TPSA) is 71.7 Å². The highest BCUT2D eigenvalue weighted by Gasteiger charge is 2.25. The Bertz CT molecular complexity index is 570. The lowest BCUT2D eigenvalue weighted by molar-refractivity contribution is -0.147. The third-order valence-electron chi connectivity index (χ3n) is 3.05. The Hall–Kier alpha value is -2.35. The molecule has 0 saturated heterocycles. The average molecular weight is 286 g/mol. The second kappa shape index (κ2) is 6.89. The third kappa shape index (κ3) is 4.32. The first-order chi connectivity index (χ1) is 10.1. The molecule has 0 fully saturated rings. The van der Waals surface area contributed by atoms with Crippen molar-refractivity contribution < 1.29 is 14.4 Å². The largest absolute Gasteiger partial charge is 0.465 e. The zero-order valence-electron chi connectivity index (χ0n) is 12.2. The van der Waals surface area contributed by atoms with Gasteiger partial charge in [0.1, 0.15) is 6.10 Å². The van der Waals surface area contributed by atoms with Crippen molar-refractivity contribution in [3.63, 3.8) is 0 Å². The third-order valence-corrected chi connectivity index (χ3v) is 3.05. The molecule has 0 aromatic heterocycles. The number of nitriles is 1. The number of esters is 1. The molecule has 1 atom stereocenters. The summed E-state index contributed by atoms with van der Waals surface area (Å²) in [5.74, 6) is 0.0638. The smallest absolute Gasteiger partial charge is 0.309 e. The summed E-state index contributed by atoms with van der Waals surface area (Å²) in [7, 11) is 0. The van der Waals surface area contributed by atoms with Gasteiger partial charge in [-0.25, -0.2) is 0 Å². The minimum Gasteiger partial charge on any atom is -0.465 e. The van der Waals surface area contributed by atoms with Gasteiger partial charge in [0.05, 0.1) is 30.4 Å². The Kier molecular flexibility index (Phi) is 4.94. The first kappa shape index (κ1) is 15.0. The number of hydrogen-bond donors (Lipinski definition) is 0. The van der Waals surface area contributed by atoms with Gasteiger partial charge in [0.15, 0.2) is 0 Å². The fourth-order valence-corrected chi connectivity index (χ4v) is 1.95. The van der Waals surface area contributed by atoms with E-state index in [4.69, 9.17) is 14.8 Å². The molecule has 0 saturated carbocycles. The van der Waals surface area contributed by atoms with Crippen LogP contribution in [0.1, 0.15) is 37.8 Å². The number of carbonyl (C=O) groups excluding carboxylic acids is 1. The summed E-state index contributed by atoms with van der Waals surface area (Å²) in [6.45, 7) is 4.41. The number of oxime groups is 1. The van der Waals surface area contributed by atoms with Gasteiger partial charge in [-0.2, -0.15) is 5.26 Å². The van der Waals surface area contributed by atoms with Gasteiger partial charge < -0.3 is 9.57 Å². The van der Waals surface area contributed by atoms with Crippen LogP contribution in [0.15, 0.2) is 29.4 Å². The molecule has 1 aliphatic rings.